The second-order valence-corrected chi connectivity index (χ2v) is 7.13. The fourth-order valence-electron chi connectivity index (χ4n) is 3.03. The van der Waals surface area contributed by atoms with Crippen molar-refractivity contribution in [2.45, 2.75) is 24.3 Å². The van der Waals surface area contributed by atoms with E-state index in [-0.39, 0.29) is 11.9 Å². The van der Waals surface area contributed by atoms with Crippen LogP contribution in [0.4, 0.5) is 0 Å². The lowest BCUT2D eigenvalue weighted by Crippen LogP contribution is -2.31. The number of hydrogen-bond acceptors (Lipinski definition) is 4. The summed E-state index contributed by atoms with van der Waals surface area (Å²) in [5, 5.41) is 3.12. The van der Waals surface area contributed by atoms with Crippen LogP contribution in [-0.2, 0) is 0 Å². The summed E-state index contributed by atoms with van der Waals surface area (Å²) in [6.45, 7) is 1.78. The molecular weight excluding hydrogens is 332 g/mol. The van der Waals surface area contributed by atoms with Gasteiger partial charge in [0.15, 0.2) is 5.69 Å². The number of nitrogens with one attached hydrogen (secondary N) is 1. The summed E-state index contributed by atoms with van der Waals surface area (Å²) < 4.78 is 5.70. The number of carbonyl (C=O) groups excluding carboxylic acids is 1. The number of amides is 1. The molecule has 1 aliphatic heterocycles. The third-order valence-electron chi connectivity index (χ3n) is 4.30. The molecule has 0 saturated heterocycles. The largest absolute Gasteiger partial charge is 0.441 e. The first-order chi connectivity index (χ1) is 12.2. The maximum Gasteiger partial charge on any atom is 0.274 e. The van der Waals surface area contributed by atoms with E-state index < -0.39 is 0 Å². The van der Waals surface area contributed by atoms with Gasteiger partial charge in [-0.15, -0.1) is 11.8 Å². The van der Waals surface area contributed by atoms with E-state index in [1.54, 1.807) is 6.92 Å². The van der Waals surface area contributed by atoms with Crippen LogP contribution < -0.4 is 5.32 Å². The number of aromatic nitrogens is 1. The molecule has 0 aliphatic carbocycles. The van der Waals surface area contributed by atoms with Crippen molar-refractivity contribution in [1.82, 2.24) is 10.3 Å². The summed E-state index contributed by atoms with van der Waals surface area (Å²) in [5.41, 5.74) is 2.40. The number of aryl methyl sites for hydroxylation is 1. The van der Waals surface area contributed by atoms with E-state index in [4.69, 9.17) is 4.42 Å². The Kier molecular flexibility index (Phi) is 4.32. The lowest BCUT2D eigenvalue weighted by atomic mass is 10.0. The van der Waals surface area contributed by atoms with Crippen LogP contribution in [0.1, 0.15) is 34.3 Å². The van der Waals surface area contributed by atoms with Crippen LogP contribution in [0, 0.1) is 6.92 Å². The minimum absolute atomic E-state index is 0.0150. The zero-order valence-corrected chi connectivity index (χ0v) is 14.7. The van der Waals surface area contributed by atoms with E-state index in [9.17, 15) is 4.79 Å². The highest BCUT2D eigenvalue weighted by atomic mass is 32.2. The summed E-state index contributed by atoms with van der Waals surface area (Å²) in [6, 6.07) is 17.9. The topological polar surface area (TPSA) is 55.1 Å². The predicted octanol–water partition coefficient (Wildman–Crippen LogP) is 4.62. The number of thioether (sulfide) groups is 1. The average molecular weight is 350 g/mol. The van der Waals surface area contributed by atoms with Crippen LogP contribution >= 0.6 is 11.8 Å². The summed E-state index contributed by atoms with van der Waals surface area (Å²) in [5.74, 6) is 1.82. The molecule has 1 N–H and O–H groups in total. The first-order valence-electron chi connectivity index (χ1n) is 8.28. The maximum absolute atomic E-state index is 12.7. The molecule has 3 aromatic rings. The summed E-state index contributed by atoms with van der Waals surface area (Å²) in [6.07, 6.45) is 0.913. The zero-order valence-electron chi connectivity index (χ0n) is 13.9. The molecule has 5 heteroatoms. The fraction of sp³-hybridized carbons (Fsp3) is 0.200. The molecule has 1 amide bonds. The highest BCUT2D eigenvalue weighted by molar-refractivity contribution is 7.99. The molecular formula is C20H18N2O2S. The lowest BCUT2D eigenvalue weighted by Gasteiger charge is -2.25. The quantitative estimate of drug-likeness (QED) is 0.749. The SMILES string of the molecule is Cc1oc(-c2ccccc2)nc1C(=O)NC1CCSc2ccccc21. The van der Waals surface area contributed by atoms with E-state index in [0.29, 0.717) is 17.3 Å². The second-order valence-electron chi connectivity index (χ2n) is 5.99. The van der Waals surface area contributed by atoms with E-state index in [1.165, 1.54) is 10.5 Å². The molecule has 4 rings (SSSR count). The Hall–Kier alpha value is -2.53. The zero-order chi connectivity index (χ0) is 17.2. The van der Waals surface area contributed by atoms with Gasteiger partial charge in [-0.05, 0) is 37.1 Å². The van der Waals surface area contributed by atoms with Gasteiger partial charge in [-0.25, -0.2) is 4.98 Å². The Morgan fingerprint density at radius 3 is 2.76 bits per heavy atom. The fourth-order valence-corrected chi connectivity index (χ4v) is 4.16. The van der Waals surface area contributed by atoms with Crippen LogP contribution in [0.15, 0.2) is 63.9 Å². The number of fused-ring (bicyclic) bond motifs is 1. The van der Waals surface area contributed by atoms with Crippen molar-refractivity contribution in [2.24, 2.45) is 0 Å². The first kappa shape index (κ1) is 16.0. The van der Waals surface area contributed by atoms with Gasteiger partial charge < -0.3 is 9.73 Å². The van der Waals surface area contributed by atoms with E-state index >= 15 is 0 Å². The van der Waals surface area contributed by atoms with Gasteiger partial charge in [0.05, 0.1) is 6.04 Å². The molecule has 0 radical (unpaired) electrons. The van der Waals surface area contributed by atoms with Crippen molar-refractivity contribution >= 4 is 17.7 Å². The van der Waals surface area contributed by atoms with Gasteiger partial charge in [0.1, 0.15) is 5.76 Å². The molecule has 0 spiro atoms. The highest BCUT2D eigenvalue weighted by Crippen LogP contribution is 2.36. The van der Waals surface area contributed by atoms with Crippen molar-refractivity contribution in [3.63, 3.8) is 0 Å². The van der Waals surface area contributed by atoms with Crippen LogP contribution in [-0.4, -0.2) is 16.6 Å². The molecule has 0 bridgehead atoms. The molecule has 0 saturated carbocycles. The minimum atomic E-state index is -0.185. The molecule has 1 aromatic heterocycles. The molecule has 1 atom stereocenters. The van der Waals surface area contributed by atoms with Crippen LogP contribution in [0.2, 0.25) is 0 Å². The van der Waals surface area contributed by atoms with Gasteiger partial charge in [0.25, 0.3) is 5.91 Å². The van der Waals surface area contributed by atoms with E-state index in [2.05, 4.69) is 22.4 Å². The monoisotopic (exact) mass is 350 g/mol. The number of hydrogen-bond donors (Lipinski definition) is 1. The number of benzene rings is 2. The van der Waals surface area contributed by atoms with Crippen molar-refractivity contribution in [1.29, 1.82) is 0 Å². The van der Waals surface area contributed by atoms with Gasteiger partial charge in [0.2, 0.25) is 5.89 Å². The number of carbonyl (C=O) groups is 1. The Bertz CT molecular complexity index is 905. The summed E-state index contributed by atoms with van der Waals surface area (Å²) in [7, 11) is 0. The molecule has 126 valence electrons. The van der Waals surface area contributed by atoms with Gasteiger partial charge in [-0.3, -0.25) is 4.79 Å². The molecule has 25 heavy (non-hydrogen) atoms. The second kappa shape index (κ2) is 6.76. The average Bonchev–Trinajstić information content (AvgIpc) is 3.05. The number of oxazole rings is 1. The molecule has 2 heterocycles. The normalized spacial score (nSPS) is 16.3. The Balaban J connectivity index is 1.58. The molecule has 0 fully saturated rings. The van der Waals surface area contributed by atoms with Gasteiger partial charge in [-0.2, -0.15) is 0 Å². The van der Waals surface area contributed by atoms with Crippen molar-refractivity contribution in [3.8, 4) is 11.5 Å². The Morgan fingerprint density at radius 1 is 1.16 bits per heavy atom. The first-order valence-corrected chi connectivity index (χ1v) is 9.26. The molecule has 2 aromatic carbocycles. The van der Waals surface area contributed by atoms with Crippen LogP contribution in [0.25, 0.3) is 11.5 Å². The van der Waals surface area contributed by atoms with Crippen LogP contribution in [0.3, 0.4) is 0 Å². The van der Waals surface area contributed by atoms with Crippen molar-refractivity contribution in [3.05, 3.63) is 71.6 Å². The maximum atomic E-state index is 12.7. The third kappa shape index (κ3) is 3.20. The van der Waals surface area contributed by atoms with Gasteiger partial charge in [0, 0.05) is 16.2 Å². The lowest BCUT2D eigenvalue weighted by molar-refractivity contribution is 0.0929. The molecule has 1 aliphatic rings. The summed E-state index contributed by atoms with van der Waals surface area (Å²) in [4.78, 5) is 18.4. The van der Waals surface area contributed by atoms with E-state index in [0.717, 1.165) is 17.7 Å². The Morgan fingerprint density at radius 2 is 1.92 bits per heavy atom. The number of rotatable bonds is 3. The van der Waals surface area contributed by atoms with Gasteiger partial charge in [-0.1, -0.05) is 36.4 Å². The molecule has 4 nitrogen and oxygen atoms in total. The van der Waals surface area contributed by atoms with Crippen molar-refractivity contribution in [2.75, 3.05) is 5.75 Å². The van der Waals surface area contributed by atoms with Crippen molar-refractivity contribution < 1.29 is 9.21 Å². The standard InChI is InChI=1S/C20H18N2O2S/c1-13-18(22-20(24-13)14-7-3-2-4-8-14)19(23)21-16-11-12-25-17-10-6-5-9-15(16)17/h2-10,16H,11-12H2,1H3,(H,21,23). The number of nitrogens with zero attached hydrogens (tertiary/aromatic N) is 1. The third-order valence-corrected chi connectivity index (χ3v) is 5.42. The highest BCUT2D eigenvalue weighted by Gasteiger charge is 2.25. The predicted molar refractivity (Wildman–Crippen MR) is 98.7 cm³/mol. The Labute approximate surface area is 150 Å². The van der Waals surface area contributed by atoms with Gasteiger partial charge >= 0.3 is 0 Å². The van der Waals surface area contributed by atoms with E-state index in [1.807, 2.05) is 54.2 Å². The molecule has 1 unspecified atom stereocenters. The summed E-state index contributed by atoms with van der Waals surface area (Å²) >= 11 is 1.83. The van der Waals surface area contributed by atoms with Crippen LogP contribution in [0.5, 0.6) is 0 Å². The smallest absolute Gasteiger partial charge is 0.274 e. The minimum Gasteiger partial charge on any atom is -0.441 e.